The third-order valence-corrected chi connectivity index (χ3v) is 12.5. The summed E-state index contributed by atoms with van der Waals surface area (Å²) in [6, 6.07) is 7.63. The van der Waals surface area contributed by atoms with Crippen molar-refractivity contribution in [1.82, 2.24) is 34.8 Å². The standard InChI is InChI=1S/C43H51N7O9/c1-46(2)20-33-36(57-4)16-24(17-37(33)58-5)30-21-47(3)40(53)32-23-49(13-11-27(30)32)43(56)44-34-15-25-19-48(22-31(25)34)12-6-14-59-26-7-8-28-29(18-26)42(55)50(41(28)54)35-9-10-38(51)45-39(35)52/h7-8,16-18,21,25,31,34-35H,6,9-15,19-20,22-23H2,1-5H3,(H,44,56)(H,45,51,52). The smallest absolute Gasteiger partial charge is 0.317 e. The van der Waals surface area contributed by atoms with Crippen LogP contribution in [0.15, 0.2) is 41.3 Å². The Bertz CT molecular complexity index is 2260. The van der Waals surface area contributed by atoms with E-state index < -0.39 is 29.7 Å². The van der Waals surface area contributed by atoms with Crippen LogP contribution in [0, 0.1) is 11.8 Å². The van der Waals surface area contributed by atoms with Crippen molar-refractivity contribution < 1.29 is 38.2 Å². The Balaban J connectivity index is 0.834. The number of carbonyl (C=O) groups is 5. The van der Waals surface area contributed by atoms with Crippen LogP contribution >= 0.6 is 0 Å². The first kappa shape index (κ1) is 40.1. The zero-order valence-corrected chi connectivity index (χ0v) is 34.2. The van der Waals surface area contributed by atoms with E-state index in [1.165, 1.54) is 0 Å². The molecule has 1 aromatic heterocycles. The van der Waals surface area contributed by atoms with Crippen LogP contribution < -0.4 is 30.4 Å². The summed E-state index contributed by atoms with van der Waals surface area (Å²) in [5.74, 6) is 0.557. The number of hydrogen-bond acceptors (Lipinski definition) is 11. The molecule has 312 valence electrons. The quantitative estimate of drug-likeness (QED) is 0.203. The number of hydrogen-bond donors (Lipinski definition) is 2. The van der Waals surface area contributed by atoms with Gasteiger partial charge in [-0.25, -0.2) is 4.79 Å². The number of pyridine rings is 1. The molecule has 2 saturated heterocycles. The molecule has 3 aromatic rings. The van der Waals surface area contributed by atoms with Crippen LogP contribution in [0.1, 0.15) is 63.1 Å². The lowest BCUT2D eigenvalue weighted by atomic mass is 9.71. The lowest BCUT2D eigenvalue weighted by molar-refractivity contribution is -0.136. The number of rotatable bonds is 12. The Morgan fingerprint density at radius 1 is 0.932 bits per heavy atom. The van der Waals surface area contributed by atoms with E-state index in [1.54, 1.807) is 48.9 Å². The number of fused-ring (bicyclic) bond motifs is 3. The number of aryl methyl sites for hydroxylation is 1. The molecule has 5 aliphatic rings. The first-order valence-electron chi connectivity index (χ1n) is 20.2. The van der Waals surface area contributed by atoms with Crippen LogP contribution in [-0.4, -0.2) is 127 Å². The van der Waals surface area contributed by atoms with Crippen LogP contribution in [0.4, 0.5) is 4.79 Å². The highest BCUT2D eigenvalue weighted by Gasteiger charge is 2.48. The zero-order chi connectivity index (χ0) is 41.7. The van der Waals surface area contributed by atoms with Gasteiger partial charge in [0.15, 0.2) is 0 Å². The van der Waals surface area contributed by atoms with Gasteiger partial charge in [-0.05, 0) is 93.1 Å². The molecule has 59 heavy (non-hydrogen) atoms. The molecule has 4 atom stereocenters. The number of aromatic nitrogens is 1. The fraction of sp³-hybridized carbons (Fsp3) is 0.488. The van der Waals surface area contributed by atoms with Crippen LogP contribution in [0.3, 0.4) is 0 Å². The van der Waals surface area contributed by atoms with Gasteiger partial charge < -0.3 is 38.8 Å². The molecule has 6 amide bonds. The van der Waals surface area contributed by atoms with Crippen molar-refractivity contribution in [2.45, 2.75) is 57.3 Å². The molecule has 8 rings (SSSR count). The first-order valence-corrected chi connectivity index (χ1v) is 20.2. The average Bonchev–Trinajstić information content (AvgIpc) is 3.67. The summed E-state index contributed by atoms with van der Waals surface area (Å²) in [4.78, 5) is 84.4. The summed E-state index contributed by atoms with van der Waals surface area (Å²) >= 11 is 0. The minimum absolute atomic E-state index is 0.0623. The maximum atomic E-state index is 13.7. The number of imide groups is 2. The van der Waals surface area contributed by atoms with Gasteiger partial charge in [0, 0.05) is 69.6 Å². The second-order valence-corrected chi connectivity index (χ2v) is 16.5. The molecule has 16 heteroatoms. The predicted octanol–water partition coefficient (Wildman–Crippen LogP) is 2.39. The van der Waals surface area contributed by atoms with Gasteiger partial charge in [0.25, 0.3) is 17.4 Å². The molecule has 2 N–H and O–H groups in total. The Hall–Kier alpha value is -5.74. The normalized spacial score (nSPS) is 22.5. The lowest BCUT2D eigenvalue weighted by Gasteiger charge is -2.41. The molecule has 1 saturated carbocycles. The highest BCUT2D eigenvalue weighted by Crippen LogP contribution is 2.42. The molecule has 0 bridgehead atoms. The molecule has 0 radical (unpaired) electrons. The molecule has 3 fully saturated rings. The summed E-state index contributed by atoms with van der Waals surface area (Å²) in [5, 5.41) is 5.49. The number of methoxy groups -OCH3 is 2. The van der Waals surface area contributed by atoms with E-state index in [2.05, 4.69) is 20.4 Å². The zero-order valence-electron chi connectivity index (χ0n) is 34.2. The molecular formula is C43H51N7O9. The van der Waals surface area contributed by atoms with E-state index in [4.69, 9.17) is 14.2 Å². The predicted molar refractivity (Wildman–Crippen MR) is 215 cm³/mol. The highest BCUT2D eigenvalue weighted by atomic mass is 16.5. The Morgan fingerprint density at radius 2 is 1.68 bits per heavy atom. The van der Waals surface area contributed by atoms with Gasteiger partial charge in [-0.3, -0.25) is 34.2 Å². The second-order valence-electron chi connectivity index (χ2n) is 16.5. The maximum Gasteiger partial charge on any atom is 0.317 e. The van der Waals surface area contributed by atoms with Gasteiger partial charge >= 0.3 is 6.03 Å². The fourth-order valence-electron chi connectivity index (χ4n) is 9.45. The minimum atomic E-state index is -1.02. The lowest BCUT2D eigenvalue weighted by Crippen LogP contribution is -2.56. The summed E-state index contributed by atoms with van der Waals surface area (Å²) in [6.07, 6.45) is 4.22. The maximum absolute atomic E-state index is 13.7. The SMILES string of the molecule is COc1cc(-c2cn(C)c(=O)c3c2CCN(C(=O)NC2CC4CN(CCCOc5ccc6c(c5)C(=O)N(C5CCC(=O)NC5=O)C6=O)CC42)C3)cc(OC)c1CN(C)C. The van der Waals surface area contributed by atoms with Crippen molar-refractivity contribution in [1.29, 1.82) is 0 Å². The van der Waals surface area contributed by atoms with E-state index in [0.717, 1.165) is 59.6 Å². The number of carbonyl (C=O) groups excluding carboxylic acids is 5. The molecule has 4 unspecified atom stereocenters. The van der Waals surface area contributed by atoms with E-state index >= 15 is 0 Å². The van der Waals surface area contributed by atoms with Crippen molar-refractivity contribution in [3.63, 3.8) is 0 Å². The van der Waals surface area contributed by atoms with E-state index in [-0.39, 0.29) is 48.1 Å². The van der Waals surface area contributed by atoms with Gasteiger partial charge in [-0.1, -0.05) is 0 Å². The second kappa shape index (κ2) is 16.1. The van der Waals surface area contributed by atoms with Gasteiger partial charge in [-0.15, -0.1) is 0 Å². The van der Waals surface area contributed by atoms with E-state index in [9.17, 15) is 28.8 Å². The monoisotopic (exact) mass is 809 g/mol. The molecule has 0 spiro atoms. The minimum Gasteiger partial charge on any atom is -0.496 e. The van der Waals surface area contributed by atoms with E-state index in [0.29, 0.717) is 60.8 Å². The summed E-state index contributed by atoms with van der Waals surface area (Å²) in [6.45, 7) is 4.40. The van der Waals surface area contributed by atoms with Gasteiger partial charge in [0.2, 0.25) is 11.8 Å². The van der Waals surface area contributed by atoms with Crippen molar-refractivity contribution in [3.8, 4) is 28.4 Å². The van der Waals surface area contributed by atoms with Crippen molar-refractivity contribution in [3.05, 3.63) is 74.7 Å². The van der Waals surface area contributed by atoms with Gasteiger partial charge in [0.1, 0.15) is 23.3 Å². The van der Waals surface area contributed by atoms with E-state index in [1.807, 2.05) is 32.4 Å². The largest absolute Gasteiger partial charge is 0.496 e. The number of nitrogens with zero attached hydrogens (tertiary/aromatic N) is 5. The number of piperidine rings is 1. The van der Waals surface area contributed by atoms with Crippen molar-refractivity contribution in [2.24, 2.45) is 18.9 Å². The van der Waals surface area contributed by atoms with Crippen molar-refractivity contribution in [2.75, 3.05) is 61.1 Å². The number of amides is 6. The van der Waals surface area contributed by atoms with Crippen LogP contribution in [0.2, 0.25) is 0 Å². The summed E-state index contributed by atoms with van der Waals surface area (Å²) in [7, 11) is 9.01. The van der Waals surface area contributed by atoms with Crippen molar-refractivity contribution >= 4 is 29.7 Å². The number of likely N-dealkylation sites (tertiary alicyclic amines) is 1. The summed E-state index contributed by atoms with van der Waals surface area (Å²) in [5.41, 5.74) is 4.61. The molecule has 4 aliphatic heterocycles. The van der Waals surface area contributed by atoms with Crippen LogP contribution in [-0.2, 0) is 36.1 Å². The Kier molecular flexibility index (Phi) is 11.0. The fourth-order valence-corrected chi connectivity index (χ4v) is 9.45. The Morgan fingerprint density at radius 3 is 2.39 bits per heavy atom. The van der Waals surface area contributed by atoms with Gasteiger partial charge in [-0.2, -0.15) is 0 Å². The van der Waals surface area contributed by atoms with Gasteiger partial charge in [0.05, 0.1) is 44.1 Å². The Labute approximate surface area is 342 Å². The number of urea groups is 1. The average molecular weight is 810 g/mol. The highest BCUT2D eigenvalue weighted by molar-refractivity contribution is 6.23. The molecule has 5 heterocycles. The third kappa shape index (κ3) is 7.55. The summed E-state index contributed by atoms with van der Waals surface area (Å²) < 4.78 is 19.1. The van der Waals surface area contributed by atoms with Crippen LogP contribution in [0.25, 0.3) is 11.1 Å². The molecule has 2 aromatic carbocycles. The third-order valence-electron chi connectivity index (χ3n) is 12.5. The number of ether oxygens (including phenoxy) is 3. The molecule has 1 aliphatic carbocycles. The number of benzene rings is 2. The topological polar surface area (TPSA) is 172 Å². The molecular weight excluding hydrogens is 759 g/mol. The van der Waals surface area contributed by atoms with Crippen LogP contribution in [0.5, 0.6) is 17.2 Å². The molecule has 16 nitrogen and oxygen atoms in total. The first-order chi connectivity index (χ1) is 28.3. The number of nitrogens with one attached hydrogen (secondary N) is 2.